The fraction of sp³-hybridized carbons (Fsp3) is 0.286. The molecule has 0 unspecified atom stereocenters. The summed E-state index contributed by atoms with van der Waals surface area (Å²) < 4.78 is 18.5. The summed E-state index contributed by atoms with van der Waals surface area (Å²) in [5.74, 6) is -2.38. The monoisotopic (exact) mass is 437 g/mol. The van der Waals surface area contributed by atoms with Gasteiger partial charge in [-0.15, -0.1) is 11.6 Å². The van der Waals surface area contributed by atoms with Gasteiger partial charge < -0.3 is 9.64 Å². The first-order valence-electron chi connectivity index (χ1n) is 9.01. The van der Waals surface area contributed by atoms with Crippen LogP contribution in [-0.4, -0.2) is 36.2 Å². The molecule has 3 rings (SSSR count). The normalized spacial score (nSPS) is 17.3. The molecule has 0 aromatic heterocycles. The van der Waals surface area contributed by atoms with E-state index in [1.54, 1.807) is 24.3 Å². The first kappa shape index (κ1) is 21.3. The second-order valence-electron chi connectivity index (χ2n) is 6.66. The minimum absolute atomic E-state index is 0.0141. The topological polar surface area (TPSA) is 63.7 Å². The van der Waals surface area contributed by atoms with Crippen LogP contribution in [0.5, 0.6) is 0 Å². The number of carbonyl (C=O) groups excluding carboxylic acids is 3. The number of hydrogen-bond acceptors (Lipinski definition) is 4. The quantitative estimate of drug-likeness (QED) is 0.368. The van der Waals surface area contributed by atoms with E-state index in [0.717, 1.165) is 12.1 Å². The van der Waals surface area contributed by atoms with Gasteiger partial charge in [-0.1, -0.05) is 11.6 Å². The highest BCUT2D eigenvalue weighted by atomic mass is 35.5. The zero-order valence-corrected chi connectivity index (χ0v) is 16.8. The highest BCUT2D eigenvalue weighted by Crippen LogP contribution is 2.27. The number of rotatable bonds is 7. The number of nitrogens with zero attached hydrogens (tertiary/aromatic N) is 1. The smallest absolute Gasteiger partial charge is 0.312 e. The van der Waals surface area contributed by atoms with E-state index in [-0.39, 0.29) is 36.7 Å². The second kappa shape index (κ2) is 9.37. The number of Topliss-reactive ketones (excluding diaryl/α,β-unsaturated/α-hetero) is 1. The van der Waals surface area contributed by atoms with Crippen molar-refractivity contribution in [1.82, 2.24) is 0 Å². The fourth-order valence-corrected chi connectivity index (χ4v) is 3.44. The van der Waals surface area contributed by atoms with Crippen LogP contribution in [0.4, 0.5) is 10.1 Å². The second-order valence-corrected chi connectivity index (χ2v) is 7.47. The minimum Gasteiger partial charge on any atom is -0.454 e. The Morgan fingerprint density at radius 2 is 1.79 bits per heavy atom. The van der Waals surface area contributed by atoms with Crippen molar-refractivity contribution in [2.75, 3.05) is 17.3 Å². The zero-order chi connectivity index (χ0) is 21.0. The third-order valence-electron chi connectivity index (χ3n) is 4.65. The SMILES string of the molecule is O=C(O[C@@H](CCCl)C(=O)c1ccc(F)cc1)[C@H]1CC(=O)N(c2ccc(Cl)cc2)C1. The van der Waals surface area contributed by atoms with Gasteiger partial charge in [0.1, 0.15) is 5.82 Å². The highest BCUT2D eigenvalue weighted by Gasteiger charge is 2.38. The Bertz CT molecular complexity index is 902. The van der Waals surface area contributed by atoms with Gasteiger partial charge in [0.15, 0.2) is 6.10 Å². The van der Waals surface area contributed by atoms with Crippen LogP contribution in [0.3, 0.4) is 0 Å². The van der Waals surface area contributed by atoms with Gasteiger partial charge in [0.2, 0.25) is 11.7 Å². The number of hydrogen-bond donors (Lipinski definition) is 0. The summed E-state index contributed by atoms with van der Waals surface area (Å²) in [5.41, 5.74) is 0.856. The molecule has 0 radical (unpaired) electrons. The molecule has 2 atom stereocenters. The predicted molar refractivity (Wildman–Crippen MR) is 108 cm³/mol. The maximum Gasteiger partial charge on any atom is 0.312 e. The molecule has 5 nitrogen and oxygen atoms in total. The molecule has 1 amide bonds. The Kier molecular flexibility index (Phi) is 6.87. The Balaban J connectivity index is 1.68. The third-order valence-corrected chi connectivity index (χ3v) is 5.12. The van der Waals surface area contributed by atoms with E-state index in [0.29, 0.717) is 10.7 Å². The average Bonchev–Trinajstić information content (AvgIpc) is 3.10. The lowest BCUT2D eigenvalue weighted by Crippen LogP contribution is -2.32. The lowest BCUT2D eigenvalue weighted by molar-refractivity contribution is -0.151. The average molecular weight is 438 g/mol. The van der Waals surface area contributed by atoms with Crippen molar-refractivity contribution in [2.24, 2.45) is 5.92 Å². The number of halogens is 3. The largest absolute Gasteiger partial charge is 0.454 e. The van der Waals surface area contributed by atoms with Crippen molar-refractivity contribution < 1.29 is 23.5 Å². The molecular weight excluding hydrogens is 420 g/mol. The van der Waals surface area contributed by atoms with Crippen molar-refractivity contribution in [3.05, 3.63) is 64.9 Å². The number of alkyl halides is 1. The summed E-state index contributed by atoms with van der Waals surface area (Å²) in [6.07, 6.45) is -0.990. The molecule has 0 spiro atoms. The number of benzene rings is 2. The van der Waals surface area contributed by atoms with Crippen LogP contribution in [0, 0.1) is 11.7 Å². The Hall–Kier alpha value is -2.44. The van der Waals surface area contributed by atoms with Crippen LogP contribution in [0.2, 0.25) is 5.02 Å². The maximum absolute atomic E-state index is 13.1. The van der Waals surface area contributed by atoms with Gasteiger partial charge in [-0.2, -0.15) is 0 Å². The van der Waals surface area contributed by atoms with Crippen molar-refractivity contribution in [1.29, 1.82) is 0 Å². The summed E-state index contributed by atoms with van der Waals surface area (Å²) >= 11 is 11.6. The Labute approximate surface area is 177 Å². The predicted octanol–water partition coefficient (Wildman–Crippen LogP) is 4.26. The number of amides is 1. The molecule has 2 aromatic rings. The van der Waals surface area contributed by atoms with Gasteiger partial charge in [-0.25, -0.2) is 4.39 Å². The molecule has 0 aliphatic carbocycles. The summed E-state index contributed by atoms with van der Waals surface area (Å²) in [4.78, 5) is 39.1. The molecule has 2 aromatic carbocycles. The van der Waals surface area contributed by atoms with Crippen LogP contribution in [0.25, 0.3) is 0 Å². The van der Waals surface area contributed by atoms with Crippen molar-refractivity contribution in [3.8, 4) is 0 Å². The Morgan fingerprint density at radius 1 is 1.14 bits per heavy atom. The van der Waals surface area contributed by atoms with Gasteiger partial charge in [-0.3, -0.25) is 14.4 Å². The van der Waals surface area contributed by atoms with Crippen molar-refractivity contribution in [3.63, 3.8) is 0 Å². The third kappa shape index (κ3) is 5.14. The van der Waals surface area contributed by atoms with Crippen molar-refractivity contribution in [2.45, 2.75) is 18.9 Å². The molecule has 1 aliphatic heterocycles. The van der Waals surface area contributed by atoms with E-state index in [4.69, 9.17) is 27.9 Å². The van der Waals surface area contributed by atoms with E-state index < -0.39 is 29.6 Å². The molecule has 1 saturated heterocycles. The Morgan fingerprint density at radius 3 is 2.41 bits per heavy atom. The number of carbonyl (C=O) groups is 3. The molecule has 1 heterocycles. The molecular formula is C21H18Cl2FNO4. The van der Waals surface area contributed by atoms with Gasteiger partial charge in [-0.05, 0) is 48.5 Å². The van der Waals surface area contributed by atoms with Gasteiger partial charge >= 0.3 is 5.97 Å². The highest BCUT2D eigenvalue weighted by molar-refractivity contribution is 6.30. The van der Waals surface area contributed by atoms with Crippen LogP contribution in [-0.2, 0) is 14.3 Å². The summed E-state index contributed by atoms with van der Waals surface area (Å²) in [6, 6.07) is 11.7. The molecule has 29 heavy (non-hydrogen) atoms. The molecule has 8 heteroatoms. The van der Waals surface area contributed by atoms with E-state index in [1.807, 2.05) is 0 Å². The van der Waals surface area contributed by atoms with Gasteiger partial charge in [0, 0.05) is 41.5 Å². The van der Waals surface area contributed by atoms with Gasteiger partial charge in [0.25, 0.3) is 0 Å². The summed E-state index contributed by atoms with van der Waals surface area (Å²) in [7, 11) is 0. The first-order valence-corrected chi connectivity index (χ1v) is 9.92. The van der Waals surface area contributed by atoms with Crippen LogP contribution in [0.1, 0.15) is 23.2 Å². The van der Waals surface area contributed by atoms with E-state index in [1.165, 1.54) is 17.0 Å². The molecule has 1 fully saturated rings. The van der Waals surface area contributed by atoms with E-state index in [9.17, 15) is 18.8 Å². The molecule has 1 aliphatic rings. The van der Waals surface area contributed by atoms with E-state index in [2.05, 4.69) is 0 Å². The van der Waals surface area contributed by atoms with Gasteiger partial charge in [0.05, 0.1) is 5.92 Å². The lowest BCUT2D eigenvalue weighted by Gasteiger charge is -2.19. The lowest BCUT2D eigenvalue weighted by atomic mass is 10.0. The zero-order valence-electron chi connectivity index (χ0n) is 15.3. The minimum atomic E-state index is -1.09. The van der Waals surface area contributed by atoms with E-state index >= 15 is 0 Å². The van der Waals surface area contributed by atoms with Crippen LogP contribution >= 0.6 is 23.2 Å². The first-order chi connectivity index (χ1) is 13.9. The molecule has 152 valence electrons. The standard InChI is InChI=1S/C21H18Cl2FNO4/c22-10-9-18(20(27)13-1-5-16(24)6-2-13)29-21(28)14-11-19(26)25(12-14)17-7-3-15(23)4-8-17/h1-8,14,18H,9-12H2/t14-,18-/m0/s1. The van der Waals surface area contributed by atoms with Crippen molar-refractivity contribution >= 4 is 46.5 Å². The molecule has 0 N–H and O–H groups in total. The summed E-state index contributed by atoms with van der Waals surface area (Å²) in [6.45, 7) is 0.150. The number of anilines is 1. The number of esters is 1. The maximum atomic E-state index is 13.1. The molecule has 0 saturated carbocycles. The summed E-state index contributed by atoms with van der Waals surface area (Å²) in [5, 5.41) is 0.541. The number of ether oxygens (including phenoxy) is 1. The number of ketones is 1. The fourth-order valence-electron chi connectivity index (χ4n) is 3.12. The van der Waals surface area contributed by atoms with Crippen LogP contribution in [0.15, 0.2) is 48.5 Å². The van der Waals surface area contributed by atoms with Crippen LogP contribution < -0.4 is 4.90 Å². The molecule has 0 bridgehead atoms.